The minimum Gasteiger partial charge on any atom is -0.300 e. The van der Waals surface area contributed by atoms with Crippen LogP contribution in [0.3, 0.4) is 0 Å². The summed E-state index contributed by atoms with van der Waals surface area (Å²) in [7, 11) is 0. The van der Waals surface area contributed by atoms with Gasteiger partial charge in [-0.05, 0) is 86.4 Å². The Kier molecular flexibility index (Phi) is 3.72. The van der Waals surface area contributed by atoms with Crippen LogP contribution < -0.4 is 0 Å². The first-order chi connectivity index (χ1) is 11.2. The van der Waals surface area contributed by atoms with Crippen molar-refractivity contribution in [2.45, 2.75) is 84.5 Å². The SMILES string of the molecule is CC(F)(F)[C@@H]1CC[C@@H]2[C@@H]3CC[C@H]4CC(=O)CC[C@]4(C)[C@@H]3CC[C@]21C. The Bertz CT molecular complexity index is 538. The summed E-state index contributed by atoms with van der Waals surface area (Å²) in [5, 5.41) is 0. The summed E-state index contributed by atoms with van der Waals surface area (Å²) in [4.78, 5) is 11.9. The number of Topliss-reactive ketones (excluding diaryl/α,β-unsaturated/α-hetero) is 1. The molecule has 24 heavy (non-hydrogen) atoms. The van der Waals surface area contributed by atoms with Crippen LogP contribution in [-0.4, -0.2) is 11.7 Å². The molecular formula is C21H32F2O. The highest BCUT2D eigenvalue weighted by Crippen LogP contribution is 2.68. The Morgan fingerprint density at radius 3 is 2.38 bits per heavy atom. The van der Waals surface area contributed by atoms with Crippen molar-refractivity contribution in [2.24, 2.45) is 40.4 Å². The van der Waals surface area contributed by atoms with Crippen LogP contribution in [0.15, 0.2) is 0 Å². The minimum absolute atomic E-state index is 0.174. The molecule has 0 aromatic carbocycles. The molecule has 0 spiro atoms. The number of carbonyl (C=O) groups is 1. The molecule has 0 aromatic heterocycles. The predicted molar refractivity (Wildman–Crippen MR) is 90.8 cm³/mol. The van der Waals surface area contributed by atoms with Gasteiger partial charge in [-0.1, -0.05) is 13.8 Å². The number of ketones is 1. The van der Waals surface area contributed by atoms with Crippen molar-refractivity contribution >= 4 is 5.78 Å². The van der Waals surface area contributed by atoms with E-state index in [4.69, 9.17) is 0 Å². The molecule has 4 aliphatic carbocycles. The summed E-state index contributed by atoms with van der Waals surface area (Å²) in [5.41, 5.74) is 0.109. The Morgan fingerprint density at radius 1 is 0.958 bits per heavy atom. The van der Waals surface area contributed by atoms with E-state index >= 15 is 0 Å². The molecule has 1 nitrogen and oxygen atoms in total. The molecule has 3 heteroatoms. The van der Waals surface area contributed by atoms with Crippen molar-refractivity contribution < 1.29 is 13.6 Å². The zero-order chi connectivity index (χ0) is 17.3. The van der Waals surface area contributed by atoms with E-state index in [9.17, 15) is 13.6 Å². The van der Waals surface area contributed by atoms with Crippen LogP contribution in [-0.2, 0) is 4.79 Å². The van der Waals surface area contributed by atoms with Crippen LogP contribution in [0.2, 0.25) is 0 Å². The highest BCUT2D eigenvalue weighted by Gasteiger charge is 2.63. The summed E-state index contributed by atoms with van der Waals surface area (Å²) in [6, 6.07) is 0. The fourth-order valence-corrected chi connectivity index (χ4v) is 7.88. The first-order valence-corrected chi connectivity index (χ1v) is 10.1. The van der Waals surface area contributed by atoms with Gasteiger partial charge in [0.2, 0.25) is 5.92 Å². The van der Waals surface area contributed by atoms with Crippen molar-refractivity contribution in [3.05, 3.63) is 0 Å². The van der Waals surface area contributed by atoms with Crippen molar-refractivity contribution in [3.8, 4) is 0 Å². The highest BCUT2D eigenvalue weighted by atomic mass is 19.3. The third-order valence-corrected chi connectivity index (χ3v) is 9.09. The second-order valence-corrected chi connectivity index (χ2v) is 10.0. The largest absolute Gasteiger partial charge is 0.300 e. The number of hydrogen-bond donors (Lipinski definition) is 0. The lowest BCUT2D eigenvalue weighted by Crippen LogP contribution is -2.54. The molecule has 0 unspecified atom stereocenters. The highest BCUT2D eigenvalue weighted by molar-refractivity contribution is 5.79. The van der Waals surface area contributed by atoms with Gasteiger partial charge in [0.05, 0.1) is 0 Å². The maximum atomic E-state index is 14.2. The lowest BCUT2D eigenvalue weighted by atomic mass is 9.44. The molecule has 0 radical (unpaired) electrons. The smallest absolute Gasteiger partial charge is 0.248 e. The van der Waals surface area contributed by atoms with Crippen molar-refractivity contribution in [3.63, 3.8) is 0 Å². The van der Waals surface area contributed by atoms with Crippen molar-refractivity contribution in [1.82, 2.24) is 0 Å². The number of halogens is 2. The lowest BCUT2D eigenvalue weighted by molar-refractivity contribution is -0.152. The van der Waals surface area contributed by atoms with Crippen LogP contribution in [0.4, 0.5) is 8.78 Å². The number of hydrogen-bond acceptors (Lipinski definition) is 1. The quantitative estimate of drug-likeness (QED) is 0.584. The Balaban J connectivity index is 1.62. The van der Waals surface area contributed by atoms with Crippen LogP contribution in [0.1, 0.15) is 78.6 Å². The number of rotatable bonds is 1. The van der Waals surface area contributed by atoms with Crippen LogP contribution >= 0.6 is 0 Å². The standard InChI is InChI=1S/C21H32F2O/c1-19-10-8-14(24)12-13(19)4-5-15-16-6-7-18(21(3,22)23)20(16,2)11-9-17(15)19/h13,15-18H,4-12H2,1-3H3/t13-,15-,16+,17+,18+,19-,20+/m0/s1. The van der Waals surface area contributed by atoms with Crippen LogP contribution in [0.5, 0.6) is 0 Å². The van der Waals surface area contributed by atoms with Gasteiger partial charge in [0.15, 0.2) is 0 Å². The topological polar surface area (TPSA) is 17.1 Å². The average molecular weight is 338 g/mol. The first-order valence-electron chi connectivity index (χ1n) is 10.1. The molecule has 7 atom stereocenters. The zero-order valence-corrected chi connectivity index (χ0v) is 15.4. The molecule has 4 fully saturated rings. The van der Waals surface area contributed by atoms with E-state index < -0.39 is 11.8 Å². The fourth-order valence-electron chi connectivity index (χ4n) is 7.88. The molecule has 4 rings (SSSR count). The Hall–Kier alpha value is -0.470. The van der Waals surface area contributed by atoms with Crippen LogP contribution in [0, 0.1) is 40.4 Å². The molecule has 4 aliphatic rings. The van der Waals surface area contributed by atoms with Crippen molar-refractivity contribution in [1.29, 1.82) is 0 Å². The van der Waals surface area contributed by atoms with E-state index in [1.54, 1.807) is 0 Å². The summed E-state index contributed by atoms with van der Waals surface area (Å²) in [5.74, 6) is -0.235. The van der Waals surface area contributed by atoms with E-state index in [-0.39, 0.29) is 10.8 Å². The van der Waals surface area contributed by atoms with Crippen molar-refractivity contribution in [2.75, 3.05) is 0 Å². The third kappa shape index (κ3) is 2.25. The maximum Gasteiger partial charge on any atom is 0.248 e. The Morgan fingerprint density at radius 2 is 1.67 bits per heavy atom. The molecule has 0 amide bonds. The van der Waals surface area contributed by atoms with E-state index in [2.05, 4.69) is 13.8 Å². The summed E-state index contributed by atoms with van der Waals surface area (Å²) < 4.78 is 28.4. The summed E-state index contributed by atoms with van der Waals surface area (Å²) in [6.45, 7) is 5.73. The zero-order valence-electron chi connectivity index (χ0n) is 15.4. The van der Waals surface area contributed by atoms with Crippen LogP contribution in [0.25, 0.3) is 0 Å². The number of carbonyl (C=O) groups excluding carboxylic acids is 1. The number of alkyl halides is 2. The second kappa shape index (κ2) is 5.27. The molecule has 0 aliphatic heterocycles. The average Bonchev–Trinajstić information content (AvgIpc) is 2.85. The maximum absolute atomic E-state index is 14.2. The molecule has 0 N–H and O–H groups in total. The molecule has 136 valence electrons. The predicted octanol–water partition coefficient (Wildman–Crippen LogP) is 5.87. The normalized spacial score (nSPS) is 51.7. The van der Waals surface area contributed by atoms with Gasteiger partial charge in [-0.15, -0.1) is 0 Å². The first kappa shape index (κ1) is 17.0. The second-order valence-electron chi connectivity index (χ2n) is 10.0. The van der Waals surface area contributed by atoms with E-state index in [0.29, 0.717) is 35.9 Å². The fraction of sp³-hybridized carbons (Fsp3) is 0.952. The molecule has 0 heterocycles. The molecule has 0 bridgehead atoms. The molecule has 4 saturated carbocycles. The molecule has 0 aromatic rings. The van der Waals surface area contributed by atoms with E-state index in [0.717, 1.165) is 51.9 Å². The number of fused-ring (bicyclic) bond motifs is 5. The van der Waals surface area contributed by atoms with Gasteiger partial charge in [-0.25, -0.2) is 8.78 Å². The third-order valence-electron chi connectivity index (χ3n) is 9.09. The monoisotopic (exact) mass is 338 g/mol. The van der Waals surface area contributed by atoms with Gasteiger partial charge in [-0.2, -0.15) is 0 Å². The van der Waals surface area contributed by atoms with Gasteiger partial charge in [0.1, 0.15) is 5.78 Å². The summed E-state index contributed by atoms with van der Waals surface area (Å²) in [6.07, 6.45) is 8.62. The molecular weight excluding hydrogens is 306 g/mol. The minimum atomic E-state index is -2.55. The van der Waals surface area contributed by atoms with Gasteiger partial charge in [-0.3, -0.25) is 4.79 Å². The summed E-state index contributed by atoms with van der Waals surface area (Å²) >= 11 is 0. The van der Waals surface area contributed by atoms with Gasteiger partial charge >= 0.3 is 0 Å². The van der Waals surface area contributed by atoms with Gasteiger partial charge < -0.3 is 0 Å². The van der Waals surface area contributed by atoms with E-state index in [1.165, 1.54) is 6.42 Å². The van der Waals surface area contributed by atoms with Gasteiger partial charge in [0.25, 0.3) is 0 Å². The lowest BCUT2D eigenvalue weighted by Gasteiger charge is -2.60. The Labute approximate surface area is 145 Å². The molecule has 0 saturated heterocycles. The van der Waals surface area contributed by atoms with E-state index in [1.807, 2.05) is 0 Å². The van der Waals surface area contributed by atoms with Gasteiger partial charge in [0, 0.05) is 18.8 Å².